The van der Waals surface area contributed by atoms with E-state index in [0.717, 1.165) is 51.9 Å². The van der Waals surface area contributed by atoms with Crippen LogP contribution in [0.2, 0.25) is 0 Å². The van der Waals surface area contributed by atoms with Crippen LogP contribution in [0.4, 0.5) is 0 Å². The average molecular weight is 972 g/mol. The highest BCUT2D eigenvalue weighted by Crippen LogP contribution is 2.41. The van der Waals surface area contributed by atoms with E-state index in [-0.39, 0.29) is 55.5 Å². The lowest BCUT2D eigenvalue weighted by Crippen LogP contribution is -2.61. The largest absolute Gasteiger partial charge is 0.508 e. The minimum Gasteiger partial charge on any atom is -0.508 e. The minimum atomic E-state index is -1.31. The predicted molar refractivity (Wildman–Crippen MR) is 268 cm³/mol. The highest BCUT2D eigenvalue weighted by molar-refractivity contribution is 5.96. The van der Waals surface area contributed by atoms with Gasteiger partial charge in [-0.3, -0.25) is 33.9 Å². The molecule has 0 spiro atoms. The van der Waals surface area contributed by atoms with Crippen molar-refractivity contribution < 1.29 is 38.6 Å². The van der Waals surface area contributed by atoms with Crippen LogP contribution in [0.25, 0.3) is 33.3 Å². The molecule has 4 atom stereocenters. The summed E-state index contributed by atoms with van der Waals surface area (Å²) in [5, 5.41) is 16.9. The van der Waals surface area contributed by atoms with Crippen molar-refractivity contribution in [2.45, 2.75) is 92.3 Å². The van der Waals surface area contributed by atoms with Crippen LogP contribution < -0.4 is 10.7 Å². The summed E-state index contributed by atoms with van der Waals surface area (Å²) in [6.45, 7) is 16.6. The summed E-state index contributed by atoms with van der Waals surface area (Å²) in [5.41, 5.74) is 7.55. The van der Waals surface area contributed by atoms with Crippen molar-refractivity contribution in [3.8, 4) is 40.0 Å². The van der Waals surface area contributed by atoms with E-state index in [1.54, 1.807) is 31.0 Å². The third-order valence-electron chi connectivity index (χ3n) is 14.5. The number of rotatable bonds is 9. The van der Waals surface area contributed by atoms with E-state index in [4.69, 9.17) is 9.47 Å². The molecule has 4 aromatic rings. The third kappa shape index (κ3) is 11.4. The van der Waals surface area contributed by atoms with Crippen LogP contribution >= 0.6 is 0 Å². The molecular formula is C54H69N9O8. The Morgan fingerprint density at radius 3 is 2.46 bits per heavy atom. The van der Waals surface area contributed by atoms with Gasteiger partial charge in [0.25, 0.3) is 5.91 Å². The Balaban J connectivity index is 1.07. The molecule has 3 saturated heterocycles. The highest BCUT2D eigenvalue weighted by Gasteiger charge is 2.43. The number of likely N-dealkylation sites (tertiary alicyclic amines) is 1. The summed E-state index contributed by atoms with van der Waals surface area (Å²) in [6.07, 6.45) is 7.25. The third-order valence-corrected chi connectivity index (χ3v) is 14.5. The Morgan fingerprint density at radius 2 is 1.73 bits per heavy atom. The smallest absolute Gasteiger partial charge is 0.324 e. The SMILES string of the molecule is CCn1c(-c2cncnc2)c2c3cc(ccc31)-c1cc(O)cc(c1)C[C@@](C)(CNC(=O)[C@H](C(C)C)N(C)C(=O)[C@H]1CCN(C(=O)C#CCN3CCOCC3)C1)C(=O)N1CCC[C@H](N1)C(=O)OCC(C)(C)C2. The quantitative estimate of drug-likeness (QED) is 0.158. The van der Waals surface area contributed by atoms with Crippen molar-refractivity contribution in [2.24, 2.45) is 22.7 Å². The number of morpholine rings is 1. The van der Waals surface area contributed by atoms with E-state index in [1.165, 1.54) is 16.2 Å². The fourth-order valence-corrected chi connectivity index (χ4v) is 10.7. The summed E-state index contributed by atoms with van der Waals surface area (Å²) >= 11 is 0. The van der Waals surface area contributed by atoms with Crippen molar-refractivity contribution in [1.82, 2.24) is 45.0 Å². The number of fused-ring (bicyclic) bond motifs is 6. The lowest BCUT2D eigenvalue weighted by Gasteiger charge is -2.40. The van der Waals surface area contributed by atoms with Crippen LogP contribution in [0.15, 0.2) is 55.1 Å². The van der Waals surface area contributed by atoms with Crippen molar-refractivity contribution in [2.75, 3.05) is 72.7 Å². The van der Waals surface area contributed by atoms with E-state index < -0.39 is 40.7 Å². The van der Waals surface area contributed by atoms with Crippen LogP contribution in [0.1, 0.15) is 71.9 Å². The van der Waals surface area contributed by atoms with Crippen LogP contribution in [-0.2, 0) is 52.8 Å². The fraction of sp³-hybridized carbons (Fsp3) is 0.537. The maximum atomic E-state index is 15.0. The van der Waals surface area contributed by atoms with E-state index in [1.807, 2.05) is 38.4 Å². The van der Waals surface area contributed by atoms with Gasteiger partial charge in [0.2, 0.25) is 17.7 Å². The van der Waals surface area contributed by atoms with Crippen LogP contribution in [-0.4, -0.2) is 154 Å². The number of hydrogen-bond acceptors (Lipinski definition) is 12. The first-order valence-corrected chi connectivity index (χ1v) is 25.1. The topological polar surface area (TPSA) is 192 Å². The van der Waals surface area contributed by atoms with Crippen molar-refractivity contribution in [1.29, 1.82) is 0 Å². The Morgan fingerprint density at radius 1 is 0.972 bits per heavy atom. The van der Waals surface area contributed by atoms with Gasteiger partial charge in [0.15, 0.2) is 0 Å². The molecule has 0 unspecified atom stereocenters. The molecule has 4 aliphatic rings. The van der Waals surface area contributed by atoms with Gasteiger partial charge >= 0.3 is 5.97 Å². The standard InChI is InChI=1S/C54H69N9O8/c1-8-62-45-14-13-37-26-42(45)43(48(62)40-29-55-34-56-30-40)28-53(4,5)33-71-51(68)44-11-9-17-63(58-44)52(69)54(6,27-36-23-39(37)25-41(64)24-36)32-57-49(66)47(35(2)3)59(7)50(67)38-15-18-61(31-38)46(65)12-10-16-60-19-21-70-22-20-60/h13-14,23-26,29-30,34-35,38,44,47,58,64H,8-9,11,15-22,27-28,31-33H2,1-7H3,(H,57,66)/t38-,44-,47-,54-/m0/s1. The summed E-state index contributed by atoms with van der Waals surface area (Å²) in [5.74, 6) is 3.12. The van der Waals surface area contributed by atoms with Crippen molar-refractivity contribution in [3.63, 3.8) is 0 Å². The molecule has 2 aromatic heterocycles. The molecule has 0 aliphatic carbocycles. The predicted octanol–water partition coefficient (Wildman–Crippen LogP) is 4.44. The number of phenols is 1. The summed E-state index contributed by atoms with van der Waals surface area (Å²) in [6, 6.07) is 9.90. The van der Waals surface area contributed by atoms with E-state index in [2.05, 4.69) is 74.9 Å². The number of aromatic hydroxyl groups is 1. The summed E-state index contributed by atoms with van der Waals surface area (Å²) in [4.78, 5) is 84.5. The zero-order valence-corrected chi connectivity index (χ0v) is 42.3. The number of hydrazine groups is 1. The number of likely N-dealkylation sites (N-methyl/N-ethyl adjacent to an activating group) is 1. The first-order chi connectivity index (χ1) is 33.9. The summed E-state index contributed by atoms with van der Waals surface area (Å²) in [7, 11) is 1.61. The Hall–Kier alpha value is -6.35. The second-order valence-corrected chi connectivity index (χ2v) is 21.1. The molecule has 0 radical (unpaired) electrons. The lowest BCUT2D eigenvalue weighted by atomic mass is 9.81. The zero-order valence-electron chi connectivity index (χ0n) is 42.3. The van der Waals surface area contributed by atoms with E-state index >= 15 is 4.79 Å². The number of benzene rings is 2. The number of aryl methyl sites for hydroxylation is 1. The van der Waals surface area contributed by atoms with E-state index in [9.17, 15) is 24.3 Å². The van der Waals surface area contributed by atoms with E-state index in [0.29, 0.717) is 70.6 Å². The zero-order chi connectivity index (χ0) is 50.6. The average Bonchev–Trinajstić information content (AvgIpc) is 3.98. The van der Waals surface area contributed by atoms with Crippen LogP contribution in [0.3, 0.4) is 0 Å². The molecule has 3 N–H and O–H groups in total. The van der Waals surface area contributed by atoms with Crippen LogP contribution in [0, 0.1) is 34.5 Å². The van der Waals surface area contributed by atoms with Gasteiger partial charge in [-0.2, -0.15) is 0 Å². The number of aromatic nitrogens is 3. The van der Waals surface area contributed by atoms with Gasteiger partial charge < -0.3 is 34.3 Å². The maximum Gasteiger partial charge on any atom is 0.324 e. The highest BCUT2D eigenvalue weighted by atomic mass is 16.5. The molecule has 0 saturated carbocycles. The first kappa shape index (κ1) is 51.0. The van der Waals surface area contributed by atoms with Crippen molar-refractivity contribution in [3.05, 3.63) is 66.2 Å². The monoisotopic (exact) mass is 972 g/mol. The normalized spacial score (nSPS) is 22.3. The number of nitrogens with one attached hydrogen (secondary N) is 2. The van der Waals surface area contributed by atoms with Gasteiger partial charge in [0.05, 0.1) is 43.4 Å². The molecular weight excluding hydrogens is 903 g/mol. The number of phenolic OH excluding ortho intramolecular Hbond substituents is 1. The number of amides is 4. The molecule has 4 aliphatic heterocycles. The van der Waals surface area contributed by atoms with Gasteiger partial charge in [-0.1, -0.05) is 45.7 Å². The lowest BCUT2D eigenvalue weighted by molar-refractivity contribution is -0.157. The Bertz CT molecular complexity index is 2700. The number of hydrogen-bond donors (Lipinski definition) is 3. The molecule has 378 valence electrons. The number of carbonyl (C=O) groups excluding carboxylic acids is 5. The molecule has 71 heavy (non-hydrogen) atoms. The maximum absolute atomic E-state index is 15.0. The minimum absolute atomic E-state index is 0.0200. The van der Waals surface area contributed by atoms with Crippen molar-refractivity contribution >= 4 is 40.5 Å². The fourth-order valence-electron chi connectivity index (χ4n) is 10.7. The molecule has 2 aromatic carbocycles. The van der Waals surface area contributed by atoms with Crippen LogP contribution in [0.5, 0.6) is 5.75 Å². The molecule has 8 rings (SSSR count). The second-order valence-electron chi connectivity index (χ2n) is 21.1. The van der Waals surface area contributed by atoms with Gasteiger partial charge in [-0.05, 0) is 104 Å². The van der Waals surface area contributed by atoms with Gasteiger partial charge in [-0.15, -0.1) is 0 Å². The molecule has 6 heterocycles. The first-order valence-electron chi connectivity index (χ1n) is 25.1. The Labute approximate surface area is 416 Å². The van der Waals surface area contributed by atoms with Gasteiger partial charge in [0, 0.05) is 87.1 Å². The number of ether oxygens (including phenoxy) is 2. The summed E-state index contributed by atoms with van der Waals surface area (Å²) < 4.78 is 13.7. The van der Waals surface area contributed by atoms with Gasteiger partial charge in [-0.25, -0.2) is 15.4 Å². The molecule has 3 fully saturated rings. The Kier molecular flexibility index (Phi) is 15.5. The molecule has 17 nitrogen and oxygen atoms in total. The van der Waals surface area contributed by atoms with Gasteiger partial charge in [0.1, 0.15) is 24.2 Å². The molecule has 17 heteroatoms. The molecule has 6 bridgehead atoms. The molecule has 4 amide bonds. The second kappa shape index (κ2) is 21.6. The number of carbonyl (C=O) groups is 5. The number of cyclic esters (lactones) is 1. The number of nitrogens with zero attached hydrogens (tertiary/aromatic N) is 7. The number of esters is 1.